The molecule has 0 bridgehead atoms. The third-order valence-corrected chi connectivity index (χ3v) is 3.95. The van der Waals surface area contributed by atoms with E-state index < -0.39 is 0 Å². The van der Waals surface area contributed by atoms with Crippen LogP contribution >= 0.6 is 24.0 Å². The van der Waals surface area contributed by atoms with E-state index in [0.717, 1.165) is 22.6 Å². The van der Waals surface area contributed by atoms with Crippen LogP contribution in [0.5, 0.6) is 23.0 Å². The molecule has 1 aliphatic rings. The number of hydrogen-bond donors (Lipinski definition) is 1. The number of hydrogen-bond acceptors (Lipinski definition) is 5. The van der Waals surface area contributed by atoms with Crippen LogP contribution in [-0.4, -0.2) is 20.5 Å². The van der Waals surface area contributed by atoms with E-state index in [1.54, 1.807) is 7.11 Å². The first-order valence-electron chi connectivity index (χ1n) is 7.79. The van der Waals surface area contributed by atoms with E-state index in [4.69, 9.17) is 30.5 Å². The maximum atomic E-state index is 6.27. The molecular weight excluding hydrogens is 365 g/mol. The number of fused-ring (bicyclic) bond motifs is 1. The highest BCUT2D eigenvalue weighted by Gasteiger charge is 2.14. The molecule has 0 radical (unpaired) electrons. The van der Waals surface area contributed by atoms with Gasteiger partial charge in [-0.05, 0) is 42.3 Å². The topological polar surface area (TPSA) is 49.0 Å². The number of benzene rings is 2. The molecule has 1 aliphatic heterocycles. The van der Waals surface area contributed by atoms with Gasteiger partial charge in [-0.25, -0.2) is 0 Å². The van der Waals surface area contributed by atoms with Crippen molar-refractivity contribution in [3.63, 3.8) is 0 Å². The molecular formula is C18H21Cl2NO4. The van der Waals surface area contributed by atoms with Gasteiger partial charge in [-0.1, -0.05) is 17.7 Å². The SMILES string of the molecule is CCOc1cc(CNCc2ccc3c(c2)OCO3)cc(Cl)c1OC.Cl. The molecule has 0 aliphatic carbocycles. The zero-order valence-corrected chi connectivity index (χ0v) is 15.7. The summed E-state index contributed by atoms with van der Waals surface area (Å²) in [7, 11) is 1.58. The number of ether oxygens (including phenoxy) is 4. The van der Waals surface area contributed by atoms with Crippen LogP contribution in [0.15, 0.2) is 30.3 Å². The van der Waals surface area contributed by atoms with Crippen LogP contribution in [0.25, 0.3) is 0 Å². The fourth-order valence-corrected chi connectivity index (χ4v) is 2.90. The predicted octanol–water partition coefficient (Wildman–Crippen LogP) is 4.19. The Bertz CT molecular complexity index is 724. The van der Waals surface area contributed by atoms with Crippen molar-refractivity contribution in [2.45, 2.75) is 20.0 Å². The molecule has 0 amide bonds. The van der Waals surface area contributed by atoms with Crippen molar-refractivity contribution in [1.82, 2.24) is 5.32 Å². The van der Waals surface area contributed by atoms with Crippen molar-refractivity contribution in [1.29, 1.82) is 0 Å². The van der Waals surface area contributed by atoms with Gasteiger partial charge in [-0.3, -0.25) is 0 Å². The zero-order chi connectivity index (χ0) is 16.9. The lowest BCUT2D eigenvalue weighted by Crippen LogP contribution is -2.13. The quantitative estimate of drug-likeness (QED) is 0.774. The molecule has 2 aromatic rings. The van der Waals surface area contributed by atoms with Gasteiger partial charge >= 0.3 is 0 Å². The lowest BCUT2D eigenvalue weighted by atomic mass is 10.1. The summed E-state index contributed by atoms with van der Waals surface area (Å²) >= 11 is 6.27. The molecule has 0 unspecified atom stereocenters. The standard InChI is InChI=1S/C18H20ClNO4.ClH/c1-3-22-17-8-13(6-14(19)18(17)21-2)10-20-9-12-4-5-15-16(7-12)24-11-23-15;/h4-8,20H,3,9-11H2,1-2H3;1H. The number of methoxy groups -OCH3 is 1. The van der Waals surface area contributed by atoms with Crippen LogP contribution in [0.3, 0.4) is 0 Å². The minimum absolute atomic E-state index is 0. The van der Waals surface area contributed by atoms with E-state index >= 15 is 0 Å². The summed E-state index contributed by atoms with van der Waals surface area (Å²) in [4.78, 5) is 0. The first-order valence-corrected chi connectivity index (χ1v) is 8.17. The Hall–Kier alpha value is -1.82. The third-order valence-electron chi connectivity index (χ3n) is 3.67. The number of nitrogens with one attached hydrogen (secondary N) is 1. The van der Waals surface area contributed by atoms with E-state index in [9.17, 15) is 0 Å². The summed E-state index contributed by atoms with van der Waals surface area (Å²) in [5, 5.41) is 3.94. The van der Waals surface area contributed by atoms with Gasteiger partial charge in [0.25, 0.3) is 0 Å². The highest BCUT2D eigenvalue weighted by atomic mass is 35.5. The van der Waals surface area contributed by atoms with Crippen LogP contribution in [0.1, 0.15) is 18.1 Å². The van der Waals surface area contributed by atoms with E-state index in [1.165, 1.54) is 0 Å². The van der Waals surface area contributed by atoms with E-state index in [1.807, 2.05) is 37.3 Å². The van der Waals surface area contributed by atoms with Crippen molar-refractivity contribution in [3.8, 4) is 23.0 Å². The maximum absolute atomic E-state index is 6.27. The highest BCUT2D eigenvalue weighted by molar-refractivity contribution is 6.32. The van der Waals surface area contributed by atoms with Gasteiger partial charge < -0.3 is 24.3 Å². The number of halogens is 2. The van der Waals surface area contributed by atoms with Crippen LogP contribution in [-0.2, 0) is 13.1 Å². The van der Waals surface area contributed by atoms with Gasteiger partial charge in [0, 0.05) is 13.1 Å². The third kappa shape index (κ3) is 4.63. The largest absolute Gasteiger partial charge is 0.491 e. The molecule has 25 heavy (non-hydrogen) atoms. The minimum Gasteiger partial charge on any atom is -0.491 e. The first kappa shape index (κ1) is 19.5. The summed E-state index contributed by atoms with van der Waals surface area (Å²) in [6, 6.07) is 9.77. The molecule has 2 aromatic carbocycles. The number of rotatable bonds is 7. The summed E-state index contributed by atoms with van der Waals surface area (Å²) in [6.45, 7) is 4.15. The minimum atomic E-state index is 0. The monoisotopic (exact) mass is 385 g/mol. The Labute approximate surface area is 158 Å². The fourth-order valence-electron chi connectivity index (χ4n) is 2.59. The molecule has 0 saturated heterocycles. The molecule has 1 heterocycles. The average molecular weight is 386 g/mol. The Morgan fingerprint density at radius 2 is 1.84 bits per heavy atom. The lowest BCUT2D eigenvalue weighted by molar-refractivity contribution is 0.174. The maximum Gasteiger partial charge on any atom is 0.231 e. The molecule has 0 fully saturated rings. The Morgan fingerprint density at radius 1 is 1.08 bits per heavy atom. The second kappa shape index (κ2) is 9.04. The lowest BCUT2D eigenvalue weighted by Gasteiger charge is -2.13. The van der Waals surface area contributed by atoms with Crippen molar-refractivity contribution in [3.05, 3.63) is 46.5 Å². The molecule has 0 atom stereocenters. The van der Waals surface area contributed by atoms with Gasteiger partial charge in [0.05, 0.1) is 18.7 Å². The second-order valence-corrected chi connectivity index (χ2v) is 5.74. The van der Waals surface area contributed by atoms with Crippen molar-refractivity contribution in [2.24, 2.45) is 0 Å². The fraction of sp³-hybridized carbons (Fsp3) is 0.333. The van der Waals surface area contributed by atoms with E-state index in [-0.39, 0.29) is 19.2 Å². The summed E-state index contributed by atoms with van der Waals surface area (Å²) in [5.74, 6) is 2.81. The summed E-state index contributed by atoms with van der Waals surface area (Å²) in [5.41, 5.74) is 2.16. The Balaban J connectivity index is 0.00000225. The van der Waals surface area contributed by atoms with E-state index in [2.05, 4.69) is 5.32 Å². The zero-order valence-electron chi connectivity index (χ0n) is 14.1. The Morgan fingerprint density at radius 3 is 2.60 bits per heavy atom. The molecule has 0 spiro atoms. The smallest absolute Gasteiger partial charge is 0.231 e. The van der Waals surface area contributed by atoms with E-state index in [0.29, 0.717) is 36.2 Å². The van der Waals surface area contributed by atoms with Crippen molar-refractivity contribution < 1.29 is 18.9 Å². The summed E-state index contributed by atoms with van der Waals surface area (Å²) < 4.78 is 21.6. The Kier molecular flexibility index (Phi) is 7.05. The molecule has 7 heteroatoms. The van der Waals surface area contributed by atoms with Gasteiger partial charge in [0.15, 0.2) is 23.0 Å². The molecule has 5 nitrogen and oxygen atoms in total. The molecule has 0 saturated carbocycles. The highest BCUT2D eigenvalue weighted by Crippen LogP contribution is 2.36. The second-order valence-electron chi connectivity index (χ2n) is 5.33. The van der Waals surface area contributed by atoms with Gasteiger partial charge in [0.2, 0.25) is 6.79 Å². The predicted molar refractivity (Wildman–Crippen MR) is 99.5 cm³/mol. The van der Waals surface area contributed by atoms with Gasteiger partial charge in [-0.15, -0.1) is 12.4 Å². The molecule has 3 rings (SSSR count). The van der Waals surface area contributed by atoms with Gasteiger partial charge in [-0.2, -0.15) is 0 Å². The van der Waals surface area contributed by atoms with Gasteiger partial charge in [0.1, 0.15) is 0 Å². The van der Waals surface area contributed by atoms with Crippen molar-refractivity contribution in [2.75, 3.05) is 20.5 Å². The van der Waals surface area contributed by atoms with Crippen LogP contribution in [0, 0.1) is 0 Å². The summed E-state index contributed by atoms with van der Waals surface area (Å²) in [6.07, 6.45) is 0. The van der Waals surface area contributed by atoms with Crippen LogP contribution < -0.4 is 24.3 Å². The average Bonchev–Trinajstić information content (AvgIpc) is 3.03. The molecule has 136 valence electrons. The van der Waals surface area contributed by atoms with Crippen molar-refractivity contribution >= 4 is 24.0 Å². The molecule has 1 N–H and O–H groups in total. The van der Waals surface area contributed by atoms with Crippen LogP contribution in [0.2, 0.25) is 5.02 Å². The molecule has 0 aromatic heterocycles. The normalized spacial score (nSPS) is 11.8. The van der Waals surface area contributed by atoms with Crippen LogP contribution in [0.4, 0.5) is 0 Å². The first-order chi connectivity index (χ1) is 11.7.